The number of carbonyl (C=O) groups is 2. The summed E-state index contributed by atoms with van der Waals surface area (Å²) < 4.78 is 34.0. The summed E-state index contributed by atoms with van der Waals surface area (Å²) in [7, 11) is -2.72. The van der Waals surface area contributed by atoms with Crippen LogP contribution in [0.1, 0.15) is 38.8 Å². The minimum Gasteiger partial charge on any atom is -0.497 e. The Balaban J connectivity index is 2.05. The third-order valence-electron chi connectivity index (χ3n) is 6.29. The fourth-order valence-electron chi connectivity index (χ4n) is 4.06. The standard InChI is InChI=1S/C30H36ClN3O5S/c1-21-10-7-8-11-23(21)19-33(22(2)29(36)32-30(3,4)5)28(35)20-34(25-13-9-12-24(31)18-25)40(37,38)27-16-14-26(39-6)15-17-27/h7-18,22H,19-20H2,1-6H3,(H,32,36)/t22-/m1/s1. The van der Waals surface area contributed by atoms with E-state index in [0.29, 0.717) is 10.8 Å². The van der Waals surface area contributed by atoms with Crippen molar-refractivity contribution in [3.05, 3.63) is 88.9 Å². The van der Waals surface area contributed by atoms with E-state index < -0.39 is 34.1 Å². The number of rotatable bonds is 10. The Morgan fingerprint density at radius 2 is 1.65 bits per heavy atom. The van der Waals surface area contributed by atoms with Crippen molar-refractivity contribution in [3.8, 4) is 5.75 Å². The zero-order valence-electron chi connectivity index (χ0n) is 23.6. The molecular formula is C30H36ClN3O5S. The predicted molar refractivity (Wildman–Crippen MR) is 158 cm³/mol. The summed E-state index contributed by atoms with van der Waals surface area (Å²) in [4.78, 5) is 28.6. The number of amides is 2. The number of benzene rings is 3. The molecule has 3 rings (SSSR count). The van der Waals surface area contributed by atoms with Gasteiger partial charge in [-0.1, -0.05) is 41.9 Å². The van der Waals surface area contributed by atoms with Crippen LogP contribution in [-0.4, -0.2) is 50.4 Å². The van der Waals surface area contributed by atoms with E-state index in [1.54, 1.807) is 25.1 Å². The molecule has 0 saturated carbocycles. The van der Waals surface area contributed by atoms with Gasteiger partial charge in [0, 0.05) is 17.1 Å². The van der Waals surface area contributed by atoms with Crippen LogP contribution in [0.25, 0.3) is 0 Å². The number of halogens is 1. The summed E-state index contributed by atoms with van der Waals surface area (Å²) in [6, 6.07) is 18.9. The molecule has 0 aliphatic heterocycles. The first-order valence-corrected chi connectivity index (χ1v) is 14.6. The molecule has 0 saturated heterocycles. The van der Waals surface area contributed by atoms with Crippen LogP contribution < -0.4 is 14.4 Å². The molecule has 0 aliphatic carbocycles. The third-order valence-corrected chi connectivity index (χ3v) is 8.31. The van der Waals surface area contributed by atoms with E-state index in [4.69, 9.17) is 16.3 Å². The Morgan fingerprint density at radius 3 is 2.23 bits per heavy atom. The molecule has 10 heteroatoms. The van der Waals surface area contributed by atoms with E-state index in [1.165, 1.54) is 42.3 Å². The Hall–Kier alpha value is -3.56. The van der Waals surface area contributed by atoms with Gasteiger partial charge in [-0.15, -0.1) is 0 Å². The number of hydrogen-bond acceptors (Lipinski definition) is 5. The van der Waals surface area contributed by atoms with E-state index in [9.17, 15) is 18.0 Å². The largest absolute Gasteiger partial charge is 0.497 e. The number of hydrogen-bond donors (Lipinski definition) is 1. The first-order valence-electron chi connectivity index (χ1n) is 12.8. The first kappa shape index (κ1) is 31.0. The molecule has 0 aliphatic rings. The van der Waals surface area contributed by atoms with Crippen molar-refractivity contribution in [2.75, 3.05) is 18.0 Å². The summed E-state index contributed by atoms with van der Waals surface area (Å²) in [5.74, 6) is -0.397. The molecule has 3 aromatic carbocycles. The quantitative estimate of drug-likeness (QED) is 0.353. The number of aryl methyl sites for hydroxylation is 1. The van der Waals surface area contributed by atoms with Crippen molar-refractivity contribution in [2.24, 2.45) is 0 Å². The molecule has 0 heterocycles. The lowest BCUT2D eigenvalue weighted by atomic mass is 10.1. The zero-order valence-corrected chi connectivity index (χ0v) is 25.2. The maximum Gasteiger partial charge on any atom is 0.264 e. The molecule has 0 spiro atoms. The van der Waals surface area contributed by atoms with Gasteiger partial charge in [0.05, 0.1) is 17.7 Å². The highest BCUT2D eigenvalue weighted by Gasteiger charge is 2.33. The second kappa shape index (κ2) is 12.7. The Bertz CT molecular complexity index is 1450. The lowest BCUT2D eigenvalue weighted by Crippen LogP contribution is -2.54. The van der Waals surface area contributed by atoms with Gasteiger partial charge in [-0.25, -0.2) is 8.42 Å². The topological polar surface area (TPSA) is 96.0 Å². The molecule has 0 fully saturated rings. The molecule has 0 radical (unpaired) electrons. The molecule has 214 valence electrons. The van der Waals surface area contributed by atoms with E-state index in [2.05, 4.69) is 5.32 Å². The van der Waals surface area contributed by atoms with Gasteiger partial charge in [0.15, 0.2) is 0 Å². The van der Waals surface area contributed by atoms with Gasteiger partial charge in [0.1, 0.15) is 18.3 Å². The van der Waals surface area contributed by atoms with Gasteiger partial charge in [0.2, 0.25) is 11.8 Å². The predicted octanol–water partition coefficient (Wildman–Crippen LogP) is 5.18. The minimum absolute atomic E-state index is 0.0231. The van der Waals surface area contributed by atoms with Crippen LogP contribution in [0.2, 0.25) is 5.02 Å². The van der Waals surface area contributed by atoms with Crippen LogP contribution in [0, 0.1) is 6.92 Å². The molecule has 0 bridgehead atoms. The molecular weight excluding hydrogens is 550 g/mol. The van der Waals surface area contributed by atoms with Crippen molar-refractivity contribution in [3.63, 3.8) is 0 Å². The highest BCUT2D eigenvalue weighted by atomic mass is 35.5. The van der Waals surface area contributed by atoms with Crippen molar-refractivity contribution in [2.45, 2.75) is 57.6 Å². The monoisotopic (exact) mass is 585 g/mol. The maximum absolute atomic E-state index is 14.0. The second-order valence-electron chi connectivity index (χ2n) is 10.5. The normalized spacial score (nSPS) is 12.4. The second-order valence-corrected chi connectivity index (χ2v) is 12.8. The van der Waals surface area contributed by atoms with Crippen LogP contribution in [-0.2, 0) is 26.2 Å². The van der Waals surface area contributed by atoms with E-state index >= 15 is 0 Å². The number of methoxy groups -OCH3 is 1. The average molecular weight is 586 g/mol. The number of anilines is 1. The van der Waals surface area contributed by atoms with Crippen molar-refractivity contribution in [1.82, 2.24) is 10.2 Å². The van der Waals surface area contributed by atoms with Crippen molar-refractivity contribution >= 4 is 39.1 Å². The molecule has 1 N–H and O–H groups in total. The van der Waals surface area contributed by atoms with Crippen LogP contribution in [0.15, 0.2) is 77.7 Å². The lowest BCUT2D eigenvalue weighted by Gasteiger charge is -2.33. The highest BCUT2D eigenvalue weighted by molar-refractivity contribution is 7.92. The summed E-state index contributed by atoms with van der Waals surface area (Å²) in [5.41, 5.74) is 1.49. The Kier molecular flexibility index (Phi) is 9.87. The van der Waals surface area contributed by atoms with Gasteiger partial charge in [-0.2, -0.15) is 0 Å². The van der Waals surface area contributed by atoms with Gasteiger partial charge in [-0.05, 0) is 88.2 Å². The van der Waals surface area contributed by atoms with Gasteiger partial charge >= 0.3 is 0 Å². The van der Waals surface area contributed by atoms with Gasteiger partial charge in [-0.3, -0.25) is 13.9 Å². The van der Waals surface area contributed by atoms with E-state index in [-0.39, 0.29) is 23.0 Å². The van der Waals surface area contributed by atoms with Crippen LogP contribution >= 0.6 is 11.6 Å². The SMILES string of the molecule is COc1ccc(S(=O)(=O)N(CC(=O)N(Cc2ccccc2C)[C@H](C)C(=O)NC(C)(C)C)c2cccc(Cl)c2)cc1. The zero-order chi connectivity index (χ0) is 29.7. The lowest BCUT2D eigenvalue weighted by molar-refractivity contribution is -0.140. The summed E-state index contributed by atoms with van der Waals surface area (Å²) >= 11 is 6.22. The summed E-state index contributed by atoms with van der Waals surface area (Å²) in [6.07, 6.45) is 0. The summed E-state index contributed by atoms with van der Waals surface area (Å²) in [5, 5.41) is 3.23. The number of carbonyl (C=O) groups excluding carboxylic acids is 2. The van der Waals surface area contributed by atoms with Crippen molar-refractivity contribution < 1.29 is 22.7 Å². The number of nitrogens with one attached hydrogen (secondary N) is 1. The Labute approximate surface area is 241 Å². The molecule has 8 nitrogen and oxygen atoms in total. The smallest absolute Gasteiger partial charge is 0.264 e. The first-order chi connectivity index (χ1) is 18.7. The maximum atomic E-state index is 14.0. The highest BCUT2D eigenvalue weighted by Crippen LogP contribution is 2.28. The van der Waals surface area contributed by atoms with E-state index in [0.717, 1.165) is 15.4 Å². The van der Waals surface area contributed by atoms with Gasteiger partial charge in [0.25, 0.3) is 10.0 Å². The minimum atomic E-state index is -4.21. The van der Waals surface area contributed by atoms with Crippen LogP contribution in [0.3, 0.4) is 0 Å². The summed E-state index contributed by atoms with van der Waals surface area (Å²) in [6.45, 7) is 8.70. The molecule has 1 atom stereocenters. The fraction of sp³-hybridized carbons (Fsp3) is 0.333. The number of nitrogens with zero attached hydrogens (tertiary/aromatic N) is 2. The molecule has 40 heavy (non-hydrogen) atoms. The number of ether oxygens (including phenoxy) is 1. The molecule has 3 aromatic rings. The van der Waals surface area contributed by atoms with Crippen LogP contribution in [0.5, 0.6) is 5.75 Å². The Morgan fingerprint density at radius 1 is 1.00 bits per heavy atom. The van der Waals surface area contributed by atoms with Crippen LogP contribution in [0.4, 0.5) is 5.69 Å². The molecule has 0 unspecified atom stereocenters. The third kappa shape index (κ3) is 7.76. The number of sulfonamides is 1. The molecule has 0 aromatic heterocycles. The van der Waals surface area contributed by atoms with Crippen molar-refractivity contribution in [1.29, 1.82) is 0 Å². The van der Waals surface area contributed by atoms with Gasteiger partial charge < -0.3 is 15.0 Å². The van der Waals surface area contributed by atoms with E-state index in [1.807, 2.05) is 52.0 Å². The molecule has 2 amide bonds. The average Bonchev–Trinajstić information content (AvgIpc) is 2.89. The fourth-order valence-corrected chi connectivity index (χ4v) is 5.65.